The lowest BCUT2D eigenvalue weighted by atomic mass is 9.98. The summed E-state index contributed by atoms with van der Waals surface area (Å²) in [5.74, 6) is -3.10. The summed E-state index contributed by atoms with van der Waals surface area (Å²) < 4.78 is 71.2. The topological polar surface area (TPSA) is 101 Å². The smallest absolute Gasteiger partial charge is 0.265 e. The highest BCUT2D eigenvalue weighted by Crippen LogP contribution is 2.42. The molecule has 38 heavy (non-hydrogen) atoms. The van der Waals surface area contributed by atoms with Crippen molar-refractivity contribution in [2.45, 2.75) is 38.0 Å². The molecule has 7 nitrogen and oxygen atoms in total. The highest BCUT2D eigenvalue weighted by Gasteiger charge is 2.27. The van der Waals surface area contributed by atoms with Gasteiger partial charge in [0.15, 0.2) is 5.82 Å². The maximum absolute atomic E-state index is 15.8. The van der Waals surface area contributed by atoms with E-state index in [1.165, 1.54) is 42.7 Å². The van der Waals surface area contributed by atoms with Crippen LogP contribution in [0.4, 0.5) is 24.7 Å². The van der Waals surface area contributed by atoms with Crippen LogP contribution in [-0.4, -0.2) is 24.3 Å². The summed E-state index contributed by atoms with van der Waals surface area (Å²) in [6.07, 6.45) is 1.50. The van der Waals surface area contributed by atoms with Gasteiger partial charge in [0.25, 0.3) is 10.0 Å². The number of aromatic nitrogens is 2. The van der Waals surface area contributed by atoms with Crippen LogP contribution in [0.25, 0.3) is 21.7 Å². The van der Waals surface area contributed by atoms with Gasteiger partial charge in [-0.3, -0.25) is 9.52 Å². The predicted molar refractivity (Wildman–Crippen MR) is 141 cm³/mol. The van der Waals surface area contributed by atoms with Gasteiger partial charge < -0.3 is 5.32 Å². The van der Waals surface area contributed by atoms with Crippen LogP contribution < -0.4 is 10.0 Å². The Balaban J connectivity index is 1.84. The van der Waals surface area contributed by atoms with Gasteiger partial charge in [0.1, 0.15) is 22.3 Å². The molecule has 2 heterocycles. The van der Waals surface area contributed by atoms with Crippen molar-refractivity contribution in [1.29, 1.82) is 0 Å². The van der Waals surface area contributed by atoms with E-state index in [9.17, 15) is 22.0 Å². The van der Waals surface area contributed by atoms with E-state index in [1.54, 1.807) is 12.1 Å². The van der Waals surface area contributed by atoms with Crippen molar-refractivity contribution in [3.8, 4) is 21.7 Å². The maximum Gasteiger partial charge on any atom is 0.265 e. The van der Waals surface area contributed by atoms with Gasteiger partial charge in [-0.05, 0) is 48.0 Å². The Labute approximate surface area is 221 Å². The third kappa shape index (κ3) is 5.70. The second-order valence-corrected chi connectivity index (χ2v) is 12.1. The molecule has 4 rings (SSSR count). The summed E-state index contributed by atoms with van der Waals surface area (Å²) in [7, 11) is -4.66. The summed E-state index contributed by atoms with van der Waals surface area (Å²) in [5.41, 5.74) is -0.00886. The monoisotopic (exact) mass is 560 g/mol. The first-order chi connectivity index (χ1) is 17.8. The molecule has 12 heteroatoms. The molecule has 198 valence electrons. The third-order valence-electron chi connectivity index (χ3n) is 5.28. The number of sulfonamides is 1. The molecule has 0 saturated heterocycles. The van der Waals surface area contributed by atoms with Gasteiger partial charge in [-0.2, -0.15) is 0 Å². The van der Waals surface area contributed by atoms with Crippen LogP contribution in [-0.2, 0) is 20.2 Å². The largest absolute Gasteiger partial charge is 0.311 e. The van der Waals surface area contributed by atoms with Gasteiger partial charge in [-0.25, -0.2) is 31.6 Å². The summed E-state index contributed by atoms with van der Waals surface area (Å²) >= 11 is 1.32. The molecule has 0 aliphatic carbocycles. The molecule has 0 saturated carbocycles. The van der Waals surface area contributed by atoms with Crippen molar-refractivity contribution < 1.29 is 26.4 Å². The van der Waals surface area contributed by atoms with Crippen molar-refractivity contribution in [2.75, 3.05) is 10.0 Å². The highest BCUT2D eigenvalue weighted by atomic mass is 32.2. The van der Waals surface area contributed by atoms with Gasteiger partial charge in [-0.15, -0.1) is 11.3 Å². The summed E-state index contributed by atoms with van der Waals surface area (Å²) in [6.45, 7) is 7.19. The first-order valence-electron chi connectivity index (χ1n) is 11.3. The lowest BCUT2D eigenvalue weighted by Gasteiger charge is -2.14. The van der Waals surface area contributed by atoms with Crippen LogP contribution in [0.1, 0.15) is 32.7 Å². The lowest BCUT2D eigenvalue weighted by molar-refractivity contribution is -0.114. The van der Waals surface area contributed by atoms with Crippen LogP contribution in [0.15, 0.2) is 59.6 Å². The van der Waals surface area contributed by atoms with E-state index >= 15 is 4.39 Å². The molecule has 2 N–H and O–H groups in total. The van der Waals surface area contributed by atoms with Crippen molar-refractivity contribution in [2.24, 2.45) is 0 Å². The fourth-order valence-corrected chi connectivity index (χ4v) is 5.80. The summed E-state index contributed by atoms with van der Waals surface area (Å²) in [5, 5.41) is 3.30. The van der Waals surface area contributed by atoms with E-state index in [2.05, 4.69) is 15.3 Å². The number of carbonyl (C=O) groups is 1. The number of carbonyl (C=O) groups excluding carboxylic acids is 1. The molecule has 0 fully saturated rings. The highest BCUT2D eigenvalue weighted by molar-refractivity contribution is 7.92. The molecule has 0 unspecified atom stereocenters. The molecule has 0 aliphatic rings. The van der Waals surface area contributed by atoms with E-state index in [0.717, 1.165) is 6.07 Å². The SMILES string of the molecule is CC(=O)Nc1cc(-c2sc(C(C)(C)C)nc2-c2cccc(NS(=O)(=O)c3cc(F)ccc3F)c2F)ccn1. The Morgan fingerprint density at radius 1 is 1.03 bits per heavy atom. The minimum atomic E-state index is -4.66. The van der Waals surface area contributed by atoms with Crippen LogP contribution in [0, 0.1) is 17.5 Å². The molecule has 2 aromatic carbocycles. The normalized spacial score (nSPS) is 11.9. The fourth-order valence-electron chi connectivity index (χ4n) is 3.52. The van der Waals surface area contributed by atoms with Crippen molar-refractivity contribution in [1.82, 2.24) is 9.97 Å². The number of hydrogen-bond donors (Lipinski definition) is 2. The molecule has 2 aromatic heterocycles. The average Bonchev–Trinajstić information content (AvgIpc) is 3.27. The summed E-state index contributed by atoms with van der Waals surface area (Å²) in [6, 6.07) is 9.33. The van der Waals surface area contributed by atoms with E-state index in [0.29, 0.717) is 33.4 Å². The molecule has 1 amide bonds. The van der Waals surface area contributed by atoms with E-state index in [-0.39, 0.29) is 17.2 Å². The maximum atomic E-state index is 15.8. The third-order valence-corrected chi connectivity index (χ3v) is 8.19. The second kappa shape index (κ2) is 10.2. The van der Waals surface area contributed by atoms with Crippen LogP contribution in [0.3, 0.4) is 0 Å². The van der Waals surface area contributed by atoms with Gasteiger partial charge in [0.05, 0.1) is 21.3 Å². The number of rotatable bonds is 6. The zero-order valence-electron chi connectivity index (χ0n) is 20.8. The number of halogens is 3. The average molecular weight is 561 g/mol. The molecule has 0 spiro atoms. The van der Waals surface area contributed by atoms with E-state index in [4.69, 9.17) is 0 Å². The molecule has 0 bridgehead atoms. The van der Waals surface area contributed by atoms with Crippen LogP contribution >= 0.6 is 11.3 Å². The van der Waals surface area contributed by atoms with Gasteiger partial charge >= 0.3 is 0 Å². The zero-order valence-corrected chi connectivity index (χ0v) is 22.4. The fraction of sp³-hybridized carbons (Fsp3) is 0.192. The number of nitrogens with one attached hydrogen (secondary N) is 2. The Bertz CT molecular complexity index is 1650. The molecular weight excluding hydrogens is 537 g/mol. The van der Waals surface area contributed by atoms with Crippen molar-refractivity contribution in [3.63, 3.8) is 0 Å². The molecular formula is C26H23F3N4O3S2. The summed E-state index contributed by atoms with van der Waals surface area (Å²) in [4.78, 5) is 19.9. The van der Waals surface area contributed by atoms with Crippen molar-refractivity contribution in [3.05, 3.63) is 77.2 Å². The number of hydrogen-bond acceptors (Lipinski definition) is 6. The predicted octanol–water partition coefficient (Wildman–Crippen LogP) is 6.35. The minimum absolute atomic E-state index is 0.00967. The van der Waals surface area contributed by atoms with Gasteiger partial charge in [0, 0.05) is 24.1 Å². The van der Waals surface area contributed by atoms with Crippen molar-refractivity contribution >= 4 is 38.8 Å². The van der Waals surface area contributed by atoms with Gasteiger partial charge in [-0.1, -0.05) is 26.8 Å². The first kappa shape index (κ1) is 27.3. The second-order valence-electron chi connectivity index (χ2n) is 9.41. The van der Waals surface area contributed by atoms with E-state index in [1.807, 2.05) is 25.5 Å². The number of thiazole rings is 1. The number of anilines is 2. The minimum Gasteiger partial charge on any atom is -0.311 e. The van der Waals surface area contributed by atoms with E-state index < -0.39 is 43.5 Å². The Morgan fingerprint density at radius 2 is 1.76 bits per heavy atom. The standard InChI is InChI=1S/C26H23F3N4O3S2/c1-14(34)31-21-12-15(10-11-30-21)24-23(32-25(37-24)26(2,3)4)17-6-5-7-19(22(17)29)33-38(35,36)20-13-16(27)8-9-18(20)28/h5-13,33H,1-4H3,(H,30,31,34). The lowest BCUT2D eigenvalue weighted by Crippen LogP contribution is -2.16. The first-order valence-corrected chi connectivity index (χ1v) is 13.6. The Hall–Kier alpha value is -3.77. The quantitative estimate of drug-likeness (QED) is 0.286. The molecule has 0 atom stereocenters. The number of benzene rings is 2. The van der Waals surface area contributed by atoms with Gasteiger partial charge in [0.2, 0.25) is 5.91 Å². The van der Waals surface area contributed by atoms with Crippen LogP contribution in [0.2, 0.25) is 0 Å². The zero-order chi connectivity index (χ0) is 27.8. The molecule has 0 radical (unpaired) electrons. The number of amides is 1. The molecule has 0 aliphatic heterocycles. The molecule has 4 aromatic rings. The Kier molecular flexibility index (Phi) is 7.31. The number of nitrogens with zero attached hydrogens (tertiary/aromatic N) is 2. The number of pyridine rings is 1. The van der Waals surface area contributed by atoms with Crippen LogP contribution in [0.5, 0.6) is 0 Å². The Morgan fingerprint density at radius 3 is 2.45 bits per heavy atom.